The first-order valence-corrected chi connectivity index (χ1v) is 9.28. The minimum Gasteiger partial charge on any atom is -0.298 e. The Labute approximate surface area is 147 Å². The third kappa shape index (κ3) is 4.68. The minimum atomic E-state index is 0.624. The maximum atomic E-state index is 2.65. The van der Waals surface area contributed by atoms with Crippen LogP contribution in [0.4, 0.5) is 0 Å². The van der Waals surface area contributed by atoms with Gasteiger partial charge >= 0.3 is 0 Å². The highest BCUT2D eigenvalue weighted by molar-refractivity contribution is 5.16. The molecule has 1 heterocycles. The lowest BCUT2D eigenvalue weighted by Crippen LogP contribution is -2.52. The van der Waals surface area contributed by atoms with E-state index in [4.69, 9.17) is 0 Å². The molecule has 2 heteroatoms. The highest BCUT2D eigenvalue weighted by Gasteiger charge is 2.24. The summed E-state index contributed by atoms with van der Waals surface area (Å²) in [6.07, 6.45) is 2.31. The van der Waals surface area contributed by atoms with Crippen LogP contribution in [0.15, 0.2) is 60.7 Å². The number of nitrogens with zero attached hydrogens (tertiary/aromatic N) is 2. The van der Waals surface area contributed by atoms with Gasteiger partial charge in [0, 0.05) is 38.3 Å². The van der Waals surface area contributed by atoms with Gasteiger partial charge in [0.25, 0.3) is 0 Å². The molecule has 2 aromatic carbocycles. The van der Waals surface area contributed by atoms with Crippen LogP contribution in [0.1, 0.15) is 25.0 Å². The first-order valence-electron chi connectivity index (χ1n) is 9.28. The number of rotatable bonds is 6. The Balaban J connectivity index is 1.46. The molecule has 0 aromatic heterocycles. The van der Waals surface area contributed by atoms with E-state index in [0.29, 0.717) is 12.1 Å². The standard InChI is InChI=1S/C22H30N2/c1-19(17-21-9-5-3-6-10-21)23-13-15-24(16-14-23)20(2)18-22-11-7-4-8-12-22/h3-12,19-20H,13-18H2,1-2H3/t19-,20-/m1/s1. The fraction of sp³-hybridized carbons (Fsp3) is 0.455. The molecule has 0 saturated carbocycles. The normalized spacial score (nSPS) is 19.1. The van der Waals surface area contributed by atoms with Crippen molar-refractivity contribution in [2.75, 3.05) is 26.2 Å². The van der Waals surface area contributed by atoms with Gasteiger partial charge in [0.1, 0.15) is 0 Å². The summed E-state index contributed by atoms with van der Waals surface area (Å²) in [5.74, 6) is 0. The van der Waals surface area contributed by atoms with Crippen LogP contribution in [0.5, 0.6) is 0 Å². The van der Waals surface area contributed by atoms with Crippen LogP contribution >= 0.6 is 0 Å². The molecule has 0 amide bonds. The molecule has 1 saturated heterocycles. The fourth-order valence-corrected chi connectivity index (χ4v) is 3.79. The van der Waals surface area contributed by atoms with E-state index < -0.39 is 0 Å². The monoisotopic (exact) mass is 322 g/mol. The first-order chi connectivity index (χ1) is 11.7. The summed E-state index contributed by atoms with van der Waals surface area (Å²) in [4.78, 5) is 5.30. The summed E-state index contributed by atoms with van der Waals surface area (Å²) in [6.45, 7) is 9.49. The second kappa shape index (κ2) is 8.46. The molecule has 0 bridgehead atoms. The van der Waals surface area contributed by atoms with Gasteiger partial charge in [-0.15, -0.1) is 0 Å². The van der Waals surface area contributed by atoms with Gasteiger partial charge in [-0.05, 0) is 37.8 Å². The van der Waals surface area contributed by atoms with Crippen molar-refractivity contribution in [3.05, 3.63) is 71.8 Å². The second-order valence-electron chi connectivity index (χ2n) is 7.15. The van der Waals surface area contributed by atoms with E-state index in [9.17, 15) is 0 Å². The van der Waals surface area contributed by atoms with Crippen molar-refractivity contribution in [2.45, 2.75) is 38.8 Å². The molecule has 0 aliphatic carbocycles. The largest absolute Gasteiger partial charge is 0.298 e. The maximum absolute atomic E-state index is 2.65. The zero-order valence-electron chi connectivity index (χ0n) is 15.1. The predicted octanol–water partition coefficient (Wildman–Crippen LogP) is 3.87. The molecule has 24 heavy (non-hydrogen) atoms. The van der Waals surface area contributed by atoms with Gasteiger partial charge in [-0.2, -0.15) is 0 Å². The molecule has 2 nitrogen and oxygen atoms in total. The number of hydrogen-bond donors (Lipinski definition) is 0. The van der Waals surface area contributed by atoms with E-state index in [1.165, 1.54) is 37.3 Å². The lowest BCUT2D eigenvalue weighted by atomic mass is 10.0. The highest BCUT2D eigenvalue weighted by atomic mass is 15.3. The van der Waals surface area contributed by atoms with Crippen molar-refractivity contribution in [3.8, 4) is 0 Å². The summed E-state index contributed by atoms with van der Waals surface area (Å²) in [7, 11) is 0. The lowest BCUT2D eigenvalue weighted by Gasteiger charge is -2.40. The van der Waals surface area contributed by atoms with Crippen molar-refractivity contribution in [1.29, 1.82) is 0 Å². The molecule has 2 aromatic rings. The highest BCUT2D eigenvalue weighted by Crippen LogP contribution is 2.15. The Morgan fingerprint density at radius 1 is 0.625 bits per heavy atom. The van der Waals surface area contributed by atoms with Crippen LogP contribution in [0, 0.1) is 0 Å². The summed E-state index contributed by atoms with van der Waals surface area (Å²) in [5, 5.41) is 0. The van der Waals surface area contributed by atoms with E-state index in [1.54, 1.807) is 0 Å². The summed E-state index contributed by atoms with van der Waals surface area (Å²) in [6, 6.07) is 23.0. The average Bonchev–Trinajstić information content (AvgIpc) is 2.63. The summed E-state index contributed by atoms with van der Waals surface area (Å²) in [5.41, 5.74) is 2.90. The third-order valence-corrected chi connectivity index (χ3v) is 5.34. The Morgan fingerprint density at radius 2 is 0.958 bits per heavy atom. The average molecular weight is 322 g/mol. The Kier molecular flexibility index (Phi) is 6.06. The van der Waals surface area contributed by atoms with E-state index in [1.807, 2.05) is 0 Å². The lowest BCUT2D eigenvalue weighted by molar-refractivity contribution is 0.0785. The molecule has 0 radical (unpaired) electrons. The van der Waals surface area contributed by atoms with Crippen molar-refractivity contribution in [2.24, 2.45) is 0 Å². The molecule has 128 valence electrons. The fourth-order valence-electron chi connectivity index (χ4n) is 3.79. The number of hydrogen-bond acceptors (Lipinski definition) is 2. The molecular formula is C22H30N2. The van der Waals surface area contributed by atoms with E-state index in [-0.39, 0.29) is 0 Å². The smallest absolute Gasteiger partial charge is 0.0113 e. The van der Waals surface area contributed by atoms with Crippen LogP contribution in [0.25, 0.3) is 0 Å². The van der Waals surface area contributed by atoms with E-state index >= 15 is 0 Å². The molecule has 1 aliphatic rings. The van der Waals surface area contributed by atoms with Crippen LogP contribution in [-0.4, -0.2) is 48.1 Å². The second-order valence-corrected chi connectivity index (χ2v) is 7.15. The van der Waals surface area contributed by atoms with Crippen LogP contribution in [0.3, 0.4) is 0 Å². The maximum Gasteiger partial charge on any atom is 0.0113 e. The van der Waals surface area contributed by atoms with Gasteiger partial charge in [-0.25, -0.2) is 0 Å². The Hall–Kier alpha value is -1.64. The van der Waals surface area contributed by atoms with Gasteiger partial charge in [-0.1, -0.05) is 60.7 Å². The molecule has 0 N–H and O–H groups in total. The van der Waals surface area contributed by atoms with Gasteiger partial charge in [0.15, 0.2) is 0 Å². The Bertz CT molecular complexity index is 532. The van der Waals surface area contributed by atoms with Gasteiger partial charge in [-0.3, -0.25) is 9.80 Å². The molecule has 1 aliphatic heterocycles. The van der Waals surface area contributed by atoms with Crippen LogP contribution < -0.4 is 0 Å². The van der Waals surface area contributed by atoms with Crippen LogP contribution in [0.2, 0.25) is 0 Å². The first kappa shape index (κ1) is 17.2. The SMILES string of the molecule is C[C@H](Cc1ccccc1)N1CCN([C@H](C)Cc2ccccc2)CC1. The molecule has 3 rings (SSSR count). The van der Waals surface area contributed by atoms with E-state index in [2.05, 4.69) is 84.3 Å². The molecule has 1 fully saturated rings. The number of benzene rings is 2. The predicted molar refractivity (Wildman–Crippen MR) is 102 cm³/mol. The van der Waals surface area contributed by atoms with Gasteiger partial charge in [0.2, 0.25) is 0 Å². The minimum absolute atomic E-state index is 0.624. The third-order valence-electron chi connectivity index (χ3n) is 5.34. The Morgan fingerprint density at radius 3 is 1.29 bits per heavy atom. The van der Waals surface area contributed by atoms with Crippen molar-refractivity contribution in [1.82, 2.24) is 9.80 Å². The van der Waals surface area contributed by atoms with Crippen molar-refractivity contribution >= 4 is 0 Å². The molecular weight excluding hydrogens is 292 g/mol. The molecule has 2 atom stereocenters. The van der Waals surface area contributed by atoms with Gasteiger partial charge in [0.05, 0.1) is 0 Å². The zero-order chi connectivity index (χ0) is 16.8. The molecule has 0 spiro atoms. The van der Waals surface area contributed by atoms with E-state index in [0.717, 1.165) is 12.8 Å². The van der Waals surface area contributed by atoms with Crippen LogP contribution in [-0.2, 0) is 12.8 Å². The van der Waals surface area contributed by atoms with Crippen molar-refractivity contribution < 1.29 is 0 Å². The zero-order valence-corrected chi connectivity index (χ0v) is 15.1. The number of piperazine rings is 1. The summed E-state index contributed by atoms with van der Waals surface area (Å²) < 4.78 is 0. The van der Waals surface area contributed by atoms with Crippen molar-refractivity contribution in [3.63, 3.8) is 0 Å². The summed E-state index contributed by atoms with van der Waals surface area (Å²) >= 11 is 0. The quantitative estimate of drug-likeness (QED) is 0.797. The molecule has 0 unspecified atom stereocenters. The topological polar surface area (TPSA) is 6.48 Å². The van der Waals surface area contributed by atoms with Gasteiger partial charge < -0.3 is 0 Å².